The number of hydrogen-bond acceptors (Lipinski definition) is 5. The molecule has 1 saturated heterocycles. The Hall–Kier alpha value is -2.90. The molecule has 0 unspecified atom stereocenters. The molecular weight excluding hydrogens is 458 g/mol. The Kier molecular flexibility index (Phi) is 5.85. The molecule has 170 valence electrons. The molecule has 1 aromatic heterocycles. The molecule has 2 aliphatic rings. The lowest BCUT2D eigenvalue weighted by Gasteiger charge is -2.27. The quantitative estimate of drug-likeness (QED) is 0.555. The third kappa shape index (κ3) is 4.35. The first-order chi connectivity index (χ1) is 15.9. The number of likely N-dealkylation sites (tertiary alicyclic amines) is 1. The minimum atomic E-state index is -0.172. The highest BCUT2D eigenvalue weighted by Crippen LogP contribution is 2.50. The van der Waals surface area contributed by atoms with Crippen molar-refractivity contribution >= 4 is 34.8 Å². The van der Waals surface area contributed by atoms with E-state index in [9.17, 15) is 9.59 Å². The molecule has 2 aromatic carbocycles. The molecule has 33 heavy (non-hydrogen) atoms. The maximum atomic E-state index is 13.6. The van der Waals surface area contributed by atoms with Gasteiger partial charge in [0, 0.05) is 23.7 Å². The Bertz CT molecular complexity index is 1230. The van der Waals surface area contributed by atoms with Crippen molar-refractivity contribution in [3.63, 3.8) is 0 Å². The number of amides is 2. The molecule has 1 N–H and O–H groups in total. The van der Waals surface area contributed by atoms with Gasteiger partial charge in [0.2, 0.25) is 0 Å². The van der Waals surface area contributed by atoms with Gasteiger partial charge in [-0.05, 0) is 61.1 Å². The van der Waals surface area contributed by atoms with E-state index in [0.29, 0.717) is 47.0 Å². The highest BCUT2D eigenvalue weighted by molar-refractivity contribution is 7.15. The highest BCUT2D eigenvalue weighted by atomic mass is 35.5. The van der Waals surface area contributed by atoms with Crippen LogP contribution in [-0.2, 0) is 0 Å². The predicted octanol–water partition coefficient (Wildman–Crippen LogP) is 4.67. The first kappa shape index (κ1) is 21.9. The first-order valence-corrected chi connectivity index (χ1v) is 12.1. The number of benzene rings is 2. The van der Waals surface area contributed by atoms with Crippen molar-refractivity contribution in [3.05, 3.63) is 69.8 Å². The van der Waals surface area contributed by atoms with Gasteiger partial charge in [-0.25, -0.2) is 4.98 Å². The molecule has 1 aliphatic carbocycles. The third-order valence-electron chi connectivity index (χ3n) is 6.39. The second kappa shape index (κ2) is 8.80. The highest BCUT2D eigenvalue weighted by Gasteiger charge is 2.54. The Labute approximate surface area is 201 Å². The van der Waals surface area contributed by atoms with Gasteiger partial charge in [0.15, 0.2) is 0 Å². The minimum Gasteiger partial charge on any atom is -0.497 e. The summed E-state index contributed by atoms with van der Waals surface area (Å²) in [7, 11) is 1.57. The van der Waals surface area contributed by atoms with Gasteiger partial charge in [0.25, 0.3) is 11.8 Å². The number of piperidine rings is 1. The molecule has 3 aromatic rings. The van der Waals surface area contributed by atoms with E-state index < -0.39 is 0 Å². The molecule has 0 radical (unpaired) electrons. The average Bonchev–Trinajstić information content (AvgIpc) is 3.33. The van der Waals surface area contributed by atoms with E-state index in [0.717, 1.165) is 21.9 Å². The zero-order valence-corrected chi connectivity index (χ0v) is 19.9. The Morgan fingerprint density at radius 2 is 2.06 bits per heavy atom. The molecular formula is C25H24ClN3O3S. The van der Waals surface area contributed by atoms with Crippen molar-refractivity contribution in [3.8, 4) is 16.2 Å². The molecule has 8 heteroatoms. The van der Waals surface area contributed by atoms with Gasteiger partial charge in [-0.3, -0.25) is 9.59 Å². The molecule has 2 heterocycles. The van der Waals surface area contributed by atoms with Crippen molar-refractivity contribution in [1.29, 1.82) is 0 Å². The summed E-state index contributed by atoms with van der Waals surface area (Å²) in [5.74, 6) is 1.31. The van der Waals surface area contributed by atoms with Crippen LogP contribution in [0, 0.1) is 18.8 Å². The average molecular weight is 482 g/mol. The number of hydrogen-bond donors (Lipinski definition) is 1. The monoisotopic (exact) mass is 481 g/mol. The van der Waals surface area contributed by atoms with Crippen LogP contribution < -0.4 is 10.1 Å². The number of aryl methyl sites for hydroxylation is 1. The lowest BCUT2D eigenvalue weighted by atomic mass is 10.1. The fourth-order valence-electron chi connectivity index (χ4n) is 4.66. The van der Waals surface area contributed by atoms with Gasteiger partial charge in [0.1, 0.15) is 11.4 Å². The number of rotatable bonds is 6. The van der Waals surface area contributed by atoms with Crippen molar-refractivity contribution in [1.82, 2.24) is 15.2 Å². The number of fused-ring (bicyclic) bond motifs is 1. The summed E-state index contributed by atoms with van der Waals surface area (Å²) in [6.07, 6.45) is 1.10. The smallest absolute Gasteiger partial charge is 0.274 e. The van der Waals surface area contributed by atoms with Gasteiger partial charge in [-0.15, -0.1) is 11.3 Å². The zero-order chi connectivity index (χ0) is 23.1. The van der Waals surface area contributed by atoms with Crippen LogP contribution in [0.4, 0.5) is 0 Å². The van der Waals surface area contributed by atoms with Gasteiger partial charge < -0.3 is 15.0 Å². The topological polar surface area (TPSA) is 71.5 Å². The largest absolute Gasteiger partial charge is 0.497 e. The van der Waals surface area contributed by atoms with Gasteiger partial charge in [-0.1, -0.05) is 29.8 Å². The summed E-state index contributed by atoms with van der Waals surface area (Å²) in [5, 5.41) is 4.48. The van der Waals surface area contributed by atoms with E-state index in [1.807, 2.05) is 36.1 Å². The van der Waals surface area contributed by atoms with E-state index in [1.165, 1.54) is 11.3 Å². The minimum absolute atomic E-state index is 0.0359. The van der Waals surface area contributed by atoms with Crippen LogP contribution in [-0.4, -0.2) is 47.9 Å². The summed E-state index contributed by atoms with van der Waals surface area (Å²) in [6.45, 7) is 3.02. The maximum Gasteiger partial charge on any atom is 0.274 e. The molecule has 3 atom stereocenters. The number of aromatic nitrogens is 1. The molecule has 2 fully saturated rings. The summed E-state index contributed by atoms with van der Waals surface area (Å²) in [5.41, 5.74) is 1.89. The summed E-state index contributed by atoms with van der Waals surface area (Å²) in [4.78, 5) is 33.6. The number of nitrogens with zero attached hydrogens (tertiary/aromatic N) is 2. The van der Waals surface area contributed by atoms with Crippen LogP contribution in [0.5, 0.6) is 5.75 Å². The van der Waals surface area contributed by atoms with Gasteiger partial charge in [-0.2, -0.15) is 0 Å². The SMILES string of the molecule is COc1cccc(C(=O)NC[C@@H]2[C@@H]3C[C@@H]3CN2C(=O)c2nc(C)sc2-c2cccc(Cl)c2)c1. The molecule has 1 aliphatic heterocycles. The Morgan fingerprint density at radius 3 is 2.85 bits per heavy atom. The third-order valence-corrected chi connectivity index (χ3v) is 7.65. The van der Waals surface area contributed by atoms with Crippen LogP contribution in [0.15, 0.2) is 48.5 Å². The van der Waals surface area contributed by atoms with Crippen molar-refractivity contribution in [2.24, 2.45) is 11.8 Å². The van der Waals surface area contributed by atoms with Crippen LogP contribution in [0.2, 0.25) is 5.02 Å². The lowest BCUT2D eigenvalue weighted by molar-refractivity contribution is 0.0690. The summed E-state index contributed by atoms with van der Waals surface area (Å²) >= 11 is 7.69. The van der Waals surface area contributed by atoms with E-state index >= 15 is 0 Å². The zero-order valence-electron chi connectivity index (χ0n) is 18.4. The van der Waals surface area contributed by atoms with E-state index in [2.05, 4.69) is 10.3 Å². The van der Waals surface area contributed by atoms with Gasteiger partial charge in [0.05, 0.1) is 23.0 Å². The molecule has 2 amide bonds. The normalized spacial score (nSPS) is 20.9. The fraction of sp³-hybridized carbons (Fsp3) is 0.320. The van der Waals surface area contributed by atoms with Crippen molar-refractivity contribution < 1.29 is 14.3 Å². The van der Waals surface area contributed by atoms with E-state index in [1.54, 1.807) is 31.4 Å². The summed E-state index contributed by atoms with van der Waals surface area (Å²) in [6, 6.07) is 14.5. The number of methoxy groups -OCH3 is 1. The first-order valence-electron chi connectivity index (χ1n) is 10.9. The van der Waals surface area contributed by atoms with E-state index in [4.69, 9.17) is 16.3 Å². The van der Waals surface area contributed by atoms with Crippen molar-refractivity contribution in [2.45, 2.75) is 19.4 Å². The van der Waals surface area contributed by atoms with Crippen LogP contribution >= 0.6 is 22.9 Å². The van der Waals surface area contributed by atoms with Crippen LogP contribution in [0.1, 0.15) is 32.3 Å². The number of halogens is 1. The lowest BCUT2D eigenvalue weighted by Crippen LogP contribution is -2.45. The number of carbonyl (C=O) groups excluding carboxylic acids is 2. The molecule has 6 nitrogen and oxygen atoms in total. The molecule has 0 spiro atoms. The van der Waals surface area contributed by atoms with Gasteiger partial charge >= 0.3 is 0 Å². The molecule has 0 bridgehead atoms. The number of thiazole rings is 1. The van der Waals surface area contributed by atoms with Crippen LogP contribution in [0.25, 0.3) is 10.4 Å². The van der Waals surface area contributed by atoms with Crippen LogP contribution in [0.3, 0.4) is 0 Å². The summed E-state index contributed by atoms with van der Waals surface area (Å²) < 4.78 is 5.21. The molecule has 5 rings (SSSR count). The molecule has 1 saturated carbocycles. The standard InChI is InChI=1S/C25H24ClN3O3S/c1-14-28-22(23(33-14)15-5-3-7-18(26)9-15)25(31)29-13-17-11-20(17)21(29)12-27-24(30)16-6-4-8-19(10-16)32-2/h3-10,17,20-21H,11-13H2,1-2H3,(H,27,30)/t17-,20-,21-/m1/s1. The maximum absolute atomic E-state index is 13.6. The number of ether oxygens (including phenoxy) is 1. The number of carbonyl (C=O) groups is 2. The van der Waals surface area contributed by atoms with Crippen molar-refractivity contribution in [2.75, 3.05) is 20.2 Å². The van der Waals surface area contributed by atoms with E-state index in [-0.39, 0.29) is 17.9 Å². The number of nitrogens with one attached hydrogen (secondary N) is 1. The second-order valence-electron chi connectivity index (χ2n) is 8.55. The Balaban J connectivity index is 1.34. The fourth-order valence-corrected chi connectivity index (χ4v) is 5.76. The predicted molar refractivity (Wildman–Crippen MR) is 129 cm³/mol. The second-order valence-corrected chi connectivity index (χ2v) is 10.2. The Morgan fingerprint density at radius 1 is 1.24 bits per heavy atom.